The number of fused-ring (bicyclic) bond motifs is 1. The number of nitrogen functional groups attached to an aromatic ring is 1. The number of nitriles is 1. The molecule has 0 atom stereocenters. The molecular weight excluding hydrogens is 230 g/mol. The van der Waals surface area contributed by atoms with Crippen molar-refractivity contribution in [2.75, 3.05) is 23.4 Å². The van der Waals surface area contributed by atoms with E-state index >= 15 is 0 Å². The second-order valence-corrected chi connectivity index (χ2v) is 3.74. The average molecular weight is 245 g/mol. The summed E-state index contributed by atoms with van der Waals surface area (Å²) in [7, 11) is 0. The average Bonchev–Trinajstić information content (AvgIpc) is 2.87. The Morgan fingerprint density at radius 1 is 1.61 bits per heavy atom. The summed E-state index contributed by atoms with van der Waals surface area (Å²) in [4.78, 5) is 10.7. The van der Waals surface area contributed by atoms with Crippen LogP contribution in [0.4, 0.5) is 11.6 Å². The van der Waals surface area contributed by atoms with Gasteiger partial charge in [0.1, 0.15) is 0 Å². The lowest BCUT2D eigenvalue weighted by Gasteiger charge is -2.21. The van der Waals surface area contributed by atoms with Crippen LogP contribution in [0.2, 0.25) is 0 Å². The van der Waals surface area contributed by atoms with E-state index in [1.54, 1.807) is 12.4 Å². The zero-order valence-corrected chi connectivity index (χ0v) is 10.2. The fourth-order valence-electron chi connectivity index (χ4n) is 1.80. The molecule has 2 heterocycles. The monoisotopic (exact) mass is 245 g/mol. The van der Waals surface area contributed by atoms with Gasteiger partial charge in [-0.3, -0.25) is 0 Å². The largest absolute Gasteiger partial charge is 0.353 e. The van der Waals surface area contributed by atoms with E-state index in [1.807, 2.05) is 22.4 Å². The van der Waals surface area contributed by atoms with Crippen molar-refractivity contribution >= 4 is 17.3 Å². The van der Waals surface area contributed by atoms with Crippen LogP contribution in [0.25, 0.3) is 5.65 Å². The van der Waals surface area contributed by atoms with Crippen LogP contribution >= 0.6 is 0 Å². The second-order valence-electron chi connectivity index (χ2n) is 3.74. The molecule has 7 heteroatoms. The van der Waals surface area contributed by atoms with Crippen molar-refractivity contribution in [3.05, 3.63) is 18.6 Å². The molecule has 0 aliphatic heterocycles. The van der Waals surface area contributed by atoms with Crippen LogP contribution in [0.3, 0.4) is 0 Å². The van der Waals surface area contributed by atoms with E-state index < -0.39 is 0 Å². The van der Waals surface area contributed by atoms with Crippen molar-refractivity contribution in [1.82, 2.24) is 14.4 Å². The van der Waals surface area contributed by atoms with Gasteiger partial charge in [-0.15, -0.1) is 0 Å². The molecule has 94 valence electrons. The zero-order valence-electron chi connectivity index (χ0n) is 10.2. The Hall–Kier alpha value is -2.33. The first-order valence-electron chi connectivity index (χ1n) is 5.72. The Morgan fingerprint density at radius 2 is 2.44 bits per heavy atom. The quantitative estimate of drug-likeness (QED) is 0.596. The molecule has 0 saturated heterocycles. The Morgan fingerprint density at radius 3 is 3.11 bits per heavy atom. The summed E-state index contributed by atoms with van der Waals surface area (Å²) in [6.07, 6.45) is 5.76. The third kappa shape index (κ3) is 2.19. The molecule has 0 radical (unpaired) electrons. The maximum absolute atomic E-state index is 8.68. The molecule has 18 heavy (non-hydrogen) atoms. The molecule has 0 saturated carbocycles. The molecule has 3 N–H and O–H groups in total. The van der Waals surface area contributed by atoms with Gasteiger partial charge in [0.15, 0.2) is 17.3 Å². The van der Waals surface area contributed by atoms with Crippen LogP contribution in [0.5, 0.6) is 0 Å². The maximum atomic E-state index is 8.68. The first-order chi connectivity index (χ1) is 8.80. The first-order valence-corrected chi connectivity index (χ1v) is 5.72. The fraction of sp³-hybridized carbons (Fsp3) is 0.364. The minimum absolute atomic E-state index is 0.447. The number of hydrogen-bond donors (Lipinski definition) is 2. The summed E-state index contributed by atoms with van der Waals surface area (Å²) < 4.78 is 1.85. The topological polar surface area (TPSA) is 95.3 Å². The molecule has 2 aromatic heterocycles. The highest BCUT2D eigenvalue weighted by Crippen LogP contribution is 2.20. The second kappa shape index (κ2) is 5.33. The number of hydrogen-bond acceptors (Lipinski definition) is 6. The van der Waals surface area contributed by atoms with E-state index in [0.717, 1.165) is 18.0 Å². The third-order valence-electron chi connectivity index (χ3n) is 2.68. The van der Waals surface area contributed by atoms with Crippen molar-refractivity contribution in [2.45, 2.75) is 13.3 Å². The van der Waals surface area contributed by atoms with Gasteiger partial charge in [-0.05, 0) is 6.92 Å². The number of anilines is 2. The van der Waals surface area contributed by atoms with Crippen molar-refractivity contribution in [3.8, 4) is 6.07 Å². The smallest absolute Gasteiger partial charge is 0.180 e. The number of imidazole rings is 1. The van der Waals surface area contributed by atoms with Crippen molar-refractivity contribution < 1.29 is 0 Å². The molecule has 0 amide bonds. The highest BCUT2D eigenvalue weighted by atomic mass is 15.3. The summed E-state index contributed by atoms with van der Waals surface area (Å²) in [6.45, 7) is 3.39. The number of aromatic nitrogens is 3. The lowest BCUT2D eigenvalue weighted by Crippen LogP contribution is -2.26. The van der Waals surface area contributed by atoms with Crippen LogP contribution in [-0.2, 0) is 0 Å². The van der Waals surface area contributed by atoms with Gasteiger partial charge in [0.25, 0.3) is 0 Å². The molecule has 0 unspecified atom stereocenters. The van der Waals surface area contributed by atoms with Crippen molar-refractivity contribution in [1.29, 1.82) is 5.26 Å². The molecule has 0 bridgehead atoms. The molecule has 2 aromatic rings. The molecule has 0 fully saturated rings. The molecule has 0 aliphatic rings. The number of hydrazine groups is 1. The number of rotatable bonds is 5. The highest BCUT2D eigenvalue weighted by Gasteiger charge is 2.13. The van der Waals surface area contributed by atoms with Gasteiger partial charge in [-0.1, -0.05) is 0 Å². The summed E-state index contributed by atoms with van der Waals surface area (Å²) in [6, 6.07) is 2.14. The Kier molecular flexibility index (Phi) is 3.60. The van der Waals surface area contributed by atoms with Gasteiger partial charge < -0.3 is 14.7 Å². The van der Waals surface area contributed by atoms with Crippen LogP contribution in [0.15, 0.2) is 18.6 Å². The summed E-state index contributed by atoms with van der Waals surface area (Å²) in [5.41, 5.74) is 3.29. The van der Waals surface area contributed by atoms with Crippen LogP contribution < -0.4 is 16.2 Å². The summed E-state index contributed by atoms with van der Waals surface area (Å²) >= 11 is 0. The Labute approximate surface area is 105 Å². The van der Waals surface area contributed by atoms with Crippen molar-refractivity contribution in [3.63, 3.8) is 0 Å². The molecule has 0 aromatic carbocycles. The SMILES string of the molecule is CCN(CCC#N)c1nc(NN)cn2ccnc12. The molecule has 0 spiro atoms. The molecule has 0 aliphatic carbocycles. The minimum atomic E-state index is 0.447. The van der Waals surface area contributed by atoms with Crippen LogP contribution in [0, 0.1) is 11.3 Å². The minimum Gasteiger partial charge on any atom is -0.353 e. The van der Waals surface area contributed by atoms with Gasteiger partial charge >= 0.3 is 0 Å². The van der Waals surface area contributed by atoms with E-state index in [4.69, 9.17) is 11.1 Å². The van der Waals surface area contributed by atoms with E-state index in [0.29, 0.717) is 18.8 Å². The number of nitrogens with one attached hydrogen (secondary N) is 1. The van der Waals surface area contributed by atoms with Gasteiger partial charge in [0.05, 0.1) is 18.7 Å². The van der Waals surface area contributed by atoms with E-state index in [1.165, 1.54) is 0 Å². The molecule has 2 rings (SSSR count). The van der Waals surface area contributed by atoms with Gasteiger partial charge in [-0.25, -0.2) is 15.8 Å². The first kappa shape index (κ1) is 12.1. The van der Waals surface area contributed by atoms with Crippen LogP contribution in [-0.4, -0.2) is 27.5 Å². The molecule has 7 nitrogen and oxygen atoms in total. The van der Waals surface area contributed by atoms with Gasteiger partial charge in [0, 0.05) is 25.5 Å². The van der Waals surface area contributed by atoms with Gasteiger partial charge in [0.2, 0.25) is 0 Å². The lowest BCUT2D eigenvalue weighted by molar-refractivity contribution is 0.809. The summed E-state index contributed by atoms with van der Waals surface area (Å²) in [5, 5.41) is 8.68. The summed E-state index contributed by atoms with van der Waals surface area (Å²) in [5.74, 6) is 6.69. The van der Waals surface area contributed by atoms with E-state index in [-0.39, 0.29) is 0 Å². The molecular formula is C11H15N7. The predicted octanol–water partition coefficient (Wildman–Crippen LogP) is 0.755. The van der Waals surface area contributed by atoms with E-state index in [2.05, 4.69) is 21.5 Å². The highest BCUT2D eigenvalue weighted by molar-refractivity contribution is 5.66. The van der Waals surface area contributed by atoms with Crippen molar-refractivity contribution in [2.24, 2.45) is 5.84 Å². The Bertz CT molecular complexity index is 568. The number of nitrogens with two attached hydrogens (primary N) is 1. The van der Waals surface area contributed by atoms with Gasteiger partial charge in [-0.2, -0.15) is 5.26 Å². The fourth-order valence-corrected chi connectivity index (χ4v) is 1.80. The maximum Gasteiger partial charge on any atom is 0.180 e. The Balaban J connectivity index is 2.46. The number of nitrogens with zero attached hydrogens (tertiary/aromatic N) is 5. The van der Waals surface area contributed by atoms with Crippen LogP contribution in [0.1, 0.15) is 13.3 Å². The predicted molar refractivity (Wildman–Crippen MR) is 68.9 cm³/mol. The third-order valence-corrected chi connectivity index (χ3v) is 2.68. The lowest BCUT2D eigenvalue weighted by atomic mass is 10.4. The van der Waals surface area contributed by atoms with E-state index in [9.17, 15) is 0 Å². The standard InChI is InChI=1S/C11H15N7/c1-2-17(6-3-4-12)11-10-14-5-7-18(10)8-9(15-11)16-13/h5,7-8,16H,2-3,6,13H2,1H3. The zero-order chi connectivity index (χ0) is 13.0. The normalized spacial score (nSPS) is 10.3.